The van der Waals surface area contributed by atoms with Crippen LogP contribution < -0.4 is 0 Å². The Morgan fingerprint density at radius 1 is 1.37 bits per heavy atom. The van der Waals surface area contributed by atoms with Crippen LogP contribution >= 0.6 is 11.8 Å². The number of nitrogens with zero attached hydrogens (tertiary/aromatic N) is 1. The average Bonchev–Trinajstić information content (AvgIpc) is 2.40. The lowest BCUT2D eigenvalue weighted by atomic mass is 10.0. The molecule has 2 nitrogen and oxygen atoms in total. The molecule has 104 valence electrons. The fourth-order valence-corrected chi connectivity index (χ4v) is 3.47. The van der Waals surface area contributed by atoms with Crippen LogP contribution in [0.4, 0.5) is 0 Å². The summed E-state index contributed by atoms with van der Waals surface area (Å²) in [6.07, 6.45) is 2.40. The molecule has 0 bridgehead atoms. The Kier molecular flexibility index (Phi) is 4.92. The van der Waals surface area contributed by atoms with Crippen LogP contribution in [0.2, 0.25) is 0 Å². The van der Waals surface area contributed by atoms with Gasteiger partial charge in [-0.25, -0.2) is 0 Å². The first-order chi connectivity index (χ1) is 9.06. The summed E-state index contributed by atoms with van der Waals surface area (Å²) in [4.78, 5) is 15.6. The summed E-state index contributed by atoms with van der Waals surface area (Å²) < 4.78 is 0. The molecule has 0 spiro atoms. The molecule has 1 aromatic carbocycles. The van der Waals surface area contributed by atoms with Crippen molar-refractivity contribution in [1.82, 2.24) is 4.90 Å². The summed E-state index contributed by atoms with van der Waals surface area (Å²) in [6.45, 7) is 8.20. The summed E-state index contributed by atoms with van der Waals surface area (Å²) in [5.74, 6) is 0.936. The van der Waals surface area contributed by atoms with E-state index in [0.29, 0.717) is 5.92 Å². The average molecular weight is 277 g/mol. The SMILES string of the molecule is Cc1ccc(S[C@@H](C)C(=O)N2CCC[C@H](C)C2)cc1. The normalized spacial score (nSPS) is 21.2. The Balaban J connectivity index is 1.93. The molecule has 2 atom stereocenters. The monoisotopic (exact) mass is 277 g/mol. The highest BCUT2D eigenvalue weighted by atomic mass is 32.2. The minimum atomic E-state index is 0.00741. The second kappa shape index (κ2) is 6.47. The van der Waals surface area contributed by atoms with Crippen LogP contribution in [0.15, 0.2) is 29.2 Å². The molecule has 0 unspecified atom stereocenters. The maximum Gasteiger partial charge on any atom is 0.235 e. The van der Waals surface area contributed by atoms with Crippen molar-refractivity contribution in [2.75, 3.05) is 13.1 Å². The Hall–Kier alpha value is -0.960. The molecule has 1 heterocycles. The predicted octanol–water partition coefficient (Wildman–Crippen LogP) is 3.73. The first kappa shape index (κ1) is 14.4. The summed E-state index contributed by atoms with van der Waals surface area (Å²) in [7, 11) is 0. The number of carbonyl (C=O) groups is 1. The van der Waals surface area contributed by atoms with Crippen molar-refractivity contribution in [2.24, 2.45) is 5.92 Å². The van der Waals surface area contributed by atoms with Gasteiger partial charge < -0.3 is 4.90 Å². The van der Waals surface area contributed by atoms with Crippen LogP contribution in [0.3, 0.4) is 0 Å². The number of hydrogen-bond acceptors (Lipinski definition) is 2. The Morgan fingerprint density at radius 2 is 2.05 bits per heavy atom. The van der Waals surface area contributed by atoms with Crippen molar-refractivity contribution < 1.29 is 4.79 Å². The van der Waals surface area contributed by atoms with Gasteiger partial charge in [0.1, 0.15) is 0 Å². The van der Waals surface area contributed by atoms with Crippen molar-refractivity contribution in [3.8, 4) is 0 Å². The standard InChI is InChI=1S/C16H23NOS/c1-12-6-8-15(9-7-12)19-14(3)16(18)17-10-4-5-13(2)11-17/h6-9,13-14H,4-5,10-11H2,1-3H3/t13-,14-/m0/s1. The Labute approximate surface area is 120 Å². The lowest BCUT2D eigenvalue weighted by Crippen LogP contribution is -2.42. The molecule has 0 N–H and O–H groups in total. The zero-order valence-electron chi connectivity index (χ0n) is 12.1. The van der Waals surface area contributed by atoms with Crippen molar-refractivity contribution in [2.45, 2.75) is 43.8 Å². The molecule has 3 heteroatoms. The van der Waals surface area contributed by atoms with Crippen molar-refractivity contribution >= 4 is 17.7 Å². The van der Waals surface area contributed by atoms with Gasteiger partial charge in [-0.3, -0.25) is 4.79 Å². The van der Waals surface area contributed by atoms with Gasteiger partial charge in [0.2, 0.25) is 5.91 Å². The van der Waals surface area contributed by atoms with E-state index in [-0.39, 0.29) is 11.2 Å². The molecule has 0 radical (unpaired) electrons. The van der Waals surface area contributed by atoms with E-state index in [9.17, 15) is 4.79 Å². The van der Waals surface area contributed by atoms with E-state index in [2.05, 4.69) is 38.1 Å². The van der Waals surface area contributed by atoms with Crippen LogP contribution in [-0.4, -0.2) is 29.1 Å². The minimum Gasteiger partial charge on any atom is -0.341 e. The molecular weight excluding hydrogens is 254 g/mol. The number of benzene rings is 1. The largest absolute Gasteiger partial charge is 0.341 e. The Morgan fingerprint density at radius 3 is 2.68 bits per heavy atom. The first-order valence-electron chi connectivity index (χ1n) is 7.08. The van der Waals surface area contributed by atoms with Gasteiger partial charge in [0, 0.05) is 18.0 Å². The number of rotatable bonds is 3. The number of amides is 1. The fraction of sp³-hybridized carbons (Fsp3) is 0.562. The predicted molar refractivity (Wildman–Crippen MR) is 81.5 cm³/mol. The molecule has 0 aliphatic carbocycles. The third-order valence-electron chi connectivity index (χ3n) is 3.65. The lowest BCUT2D eigenvalue weighted by molar-refractivity contribution is -0.131. The third kappa shape index (κ3) is 4.00. The van der Waals surface area contributed by atoms with E-state index in [1.807, 2.05) is 11.8 Å². The topological polar surface area (TPSA) is 20.3 Å². The summed E-state index contributed by atoms with van der Waals surface area (Å²) in [5, 5.41) is 0.00741. The van der Waals surface area contributed by atoms with E-state index >= 15 is 0 Å². The highest BCUT2D eigenvalue weighted by molar-refractivity contribution is 8.00. The van der Waals surface area contributed by atoms with E-state index in [1.165, 1.54) is 16.9 Å². The van der Waals surface area contributed by atoms with Crippen LogP contribution in [0, 0.1) is 12.8 Å². The lowest BCUT2D eigenvalue weighted by Gasteiger charge is -2.32. The number of carbonyl (C=O) groups excluding carboxylic acids is 1. The number of likely N-dealkylation sites (tertiary alicyclic amines) is 1. The zero-order chi connectivity index (χ0) is 13.8. The number of hydrogen-bond donors (Lipinski definition) is 0. The number of thioether (sulfide) groups is 1. The fourth-order valence-electron chi connectivity index (χ4n) is 2.52. The van der Waals surface area contributed by atoms with E-state index in [1.54, 1.807) is 11.8 Å². The maximum absolute atomic E-state index is 12.4. The molecule has 0 aromatic heterocycles. The highest BCUT2D eigenvalue weighted by Crippen LogP contribution is 2.26. The van der Waals surface area contributed by atoms with Gasteiger partial charge in [-0.2, -0.15) is 0 Å². The van der Waals surface area contributed by atoms with Gasteiger partial charge in [0.15, 0.2) is 0 Å². The van der Waals surface area contributed by atoms with E-state index in [4.69, 9.17) is 0 Å². The van der Waals surface area contributed by atoms with Gasteiger partial charge >= 0.3 is 0 Å². The number of piperidine rings is 1. The molecule has 1 amide bonds. The van der Waals surface area contributed by atoms with Gasteiger partial charge in [-0.15, -0.1) is 11.8 Å². The second-order valence-corrected chi connectivity index (χ2v) is 7.02. The maximum atomic E-state index is 12.4. The van der Waals surface area contributed by atoms with E-state index in [0.717, 1.165) is 19.5 Å². The zero-order valence-corrected chi connectivity index (χ0v) is 12.9. The summed E-state index contributed by atoms with van der Waals surface area (Å²) in [5.41, 5.74) is 1.26. The van der Waals surface area contributed by atoms with Crippen molar-refractivity contribution in [1.29, 1.82) is 0 Å². The van der Waals surface area contributed by atoms with Crippen molar-refractivity contribution in [3.05, 3.63) is 29.8 Å². The molecule has 1 aliphatic rings. The van der Waals surface area contributed by atoms with Gasteiger partial charge in [0.05, 0.1) is 5.25 Å². The third-order valence-corrected chi connectivity index (χ3v) is 4.75. The van der Waals surface area contributed by atoms with Gasteiger partial charge in [-0.05, 0) is 44.7 Å². The summed E-state index contributed by atoms with van der Waals surface area (Å²) >= 11 is 1.66. The second-order valence-electron chi connectivity index (χ2n) is 5.60. The van der Waals surface area contributed by atoms with Crippen LogP contribution in [0.1, 0.15) is 32.3 Å². The summed E-state index contributed by atoms with van der Waals surface area (Å²) in [6, 6.07) is 8.40. The van der Waals surface area contributed by atoms with Gasteiger partial charge in [-0.1, -0.05) is 24.6 Å². The van der Waals surface area contributed by atoms with Crippen LogP contribution in [-0.2, 0) is 4.79 Å². The highest BCUT2D eigenvalue weighted by Gasteiger charge is 2.25. The van der Waals surface area contributed by atoms with E-state index < -0.39 is 0 Å². The molecule has 1 saturated heterocycles. The van der Waals surface area contributed by atoms with Crippen LogP contribution in [0.5, 0.6) is 0 Å². The molecule has 1 aliphatic heterocycles. The van der Waals surface area contributed by atoms with Gasteiger partial charge in [0.25, 0.3) is 0 Å². The Bertz CT molecular complexity index is 429. The van der Waals surface area contributed by atoms with Crippen molar-refractivity contribution in [3.63, 3.8) is 0 Å². The smallest absolute Gasteiger partial charge is 0.235 e. The minimum absolute atomic E-state index is 0.00741. The quantitative estimate of drug-likeness (QED) is 0.785. The molecule has 1 aromatic rings. The van der Waals surface area contributed by atoms with Crippen LogP contribution in [0.25, 0.3) is 0 Å². The molecular formula is C16H23NOS. The molecule has 0 saturated carbocycles. The number of aryl methyl sites for hydroxylation is 1. The molecule has 19 heavy (non-hydrogen) atoms. The molecule has 2 rings (SSSR count). The molecule has 1 fully saturated rings. The first-order valence-corrected chi connectivity index (χ1v) is 7.96.